The van der Waals surface area contributed by atoms with Crippen molar-refractivity contribution in [2.24, 2.45) is 23.5 Å². The van der Waals surface area contributed by atoms with Crippen LogP contribution in [-0.2, 0) is 6.54 Å². The Bertz CT molecular complexity index is 391. The zero-order chi connectivity index (χ0) is 11.8. The van der Waals surface area contributed by atoms with Gasteiger partial charge in [-0.3, -0.25) is 0 Å². The van der Waals surface area contributed by atoms with Crippen molar-refractivity contribution in [2.45, 2.75) is 31.8 Å². The SMILES string of the molecule is NC1C2CCC(C2)C1CNCc1cc(Br)cs1. The molecule has 94 valence electrons. The Labute approximate surface area is 115 Å². The lowest BCUT2D eigenvalue weighted by Crippen LogP contribution is -2.41. The highest BCUT2D eigenvalue weighted by atomic mass is 79.9. The van der Waals surface area contributed by atoms with Gasteiger partial charge in [-0.15, -0.1) is 11.3 Å². The molecule has 4 unspecified atom stereocenters. The second-order valence-corrected chi connectivity index (χ2v) is 7.35. The number of thiophene rings is 1. The molecule has 1 aromatic heterocycles. The number of rotatable bonds is 4. The van der Waals surface area contributed by atoms with Gasteiger partial charge in [0.05, 0.1) is 0 Å². The van der Waals surface area contributed by atoms with Gasteiger partial charge in [0.2, 0.25) is 0 Å². The summed E-state index contributed by atoms with van der Waals surface area (Å²) in [6.45, 7) is 2.08. The molecule has 2 nitrogen and oxygen atoms in total. The Morgan fingerprint density at radius 1 is 1.41 bits per heavy atom. The Hall–Kier alpha value is 0.1000. The summed E-state index contributed by atoms with van der Waals surface area (Å²) < 4.78 is 1.19. The molecule has 2 aliphatic rings. The first-order valence-corrected chi connectivity index (χ1v) is 8.10. The van der Waals surface area contributed by atoms with Crippen LogP contribution < -0.4 is 11.1 Å². The molecule has 1 aromatic rings. The van der Waals surface area contributed by atoms with Crippen molar-refractivity contribution < 1.29 is 0 Å². The van der Waals surface area contributed by atoms with Crippen LogP contribution in [0, 0.1) is 17.8 Å². The summed E-state index contributed by atoms with van der Waals surface area (Å²) in [4.78, 5) is 1.40. The molecule has 2 aliphatic carbocycles. The fourth-order valence-corrected chi connectivity index (χ4v) is 4.99. The van der Waals surface area contributed by atoms with E-state index in [1.807, 2.05) is 11.3 Å². The van der Waals surface area contributed by atoms with Gasteiger partial charge in [-0.25, -0.2) is 0 Å². The van der Waals surface area contributed by atoms with Crippen LogP contribution in [0.5, 0.6) is 0 Å². The van der Waals surface area contributed by atoms with E-state index >= 15 is 0 Å². The van der Waals surface area contributed by atoms with Gasteiger partial charge in [0.15, 0.2) is 0 Å². The molecule has 3 rings (SSSR count). The van der Waals surface area contributed by atoms with Crippen LogP contribution in [-0.4, -0.2) is 12.6 Å². The normalized spacial score (nSPS) is 35.6. The number of nitrogens with one attached hydrogen (secondary N) is 1. The highest BCUT2D eigenvalue weighted by Gasteiger charge is 2.45. The molecule has 2 saturated carbocycles. The first kappa shape index (κ1) is 12.2. The summed E-state index contributed by atoms with van der Waals surface area (Å²) in [7, 11) is 0. The minimum atomic E-state index is 0.455. The van der Waals surface area contributed by atoms with E-state index in [1.165, 1.54) is 28.6 Å². The molecule has 4 heteroatoms. The van der Waals surface area contributed by atoms with Crippen LogP contribution in [0.3, 0.4) is 0 Å². The fourth-order valence-electron chi connectivity index (χ4n) is 3.57. The third kappa shape index (κ3) is 2.46. The Kier molecular flexibility index (Phi) is 3.57. The van der Waals surface area contributed by atoms with E-state index in [-0.39, 0.29) is 0 Å². The first-order valence-electron chi connectivity index (χ1n) is 6.43. The summed E-state index contributed by atoms with van der Waals surface area (Å²) >= 11 is 5.30. The summed E-state index contributed by atoms with van der Waals surface area (Å²) in [6.07, 6.45) is 4.17. The van der Waals surface area contributed by atoms with E-state index in [4.69, 9.17) is 5.73 Å². The average molecular weight is 315 g/mol. The number of hydrogen-bond acceptors (Lipinski definition) is 3. The van der Waals surface area contributed by atoms with E-state index in [1.54, 1.807) is 0 Å². The molecule has 0 spiro atoms. The van der Waals surface area contributed by atoms with Gasteiger partial charge in [0.25, 0.3) is 0 Å². The van der Waals surface area contributed by atoms with Gasteiger partial charge < -0.3 is 11.1 Å². The fraction of sp³-hybridized carbons (Fsp3) is 0.692. The number of nitrogens with two attached hydrogens (primary N) is 1. The van der Waals surface area contributed by atoms with Crippen molar-refractivity contribution in [1.29, 1.82) is 0 Å². The zero-order valence-electron chi connectivity index (χ0n) is 9.86. The molecule has 1 heterocycles. The largest absolute Gasteiger partial charge is 0.327 e. The summed E-state index contributed by atoms with van der Waals surface area (Å²) in [6, 6.07) is 2.65. The van der Waals surface area contributed by atoms with Crippen LogP contribution >= 0.6 is 27.3 Å². The van der Waals surface area contributed by atoms with Gasteiger partial charge in [-0.05, 0) is 59.0 Å². The molecule has 17 heavy (non-hydrogen) atoms. The minimum absolute atomic E-state index is 0.455. The van der Waals surface area contributed by atoms with Crippen LogP contribution in [0.25, 0.3) is 0 Å². The van der Waals surface area contributed by atoms with Gasteiger partial charge >= 0.3 is 0 Å². The molecule has 0 saturated heterocycles. The molecule has 0 aromatic carbocycles. The maximum absolute atomic E-state index is 6.30. The predicted molar refractivity (Wildman–Crippen MR) is 76.0 cm³/mol. The van der Waals surface area contributed by atoms with Gasteiger partial charge in [0.1, 0.15) is 0 Å². The molecule has 3 N–H and O–H groups in total. The second kappa shape index (κ2) is 5.00. The summed E-state index contributed by atoms with van der Waals surface area (Å²) in [5.74, 6) is 2.44. The van der Waals surface area contributed by atoms with Gasteiger partial charge in [-0.2, -0.15) is 0 Å². The number of halogens is 1. The zero-order valence-corrected chi connectivity index (χ0v) is 12.3. The Morgan fingerprint density at radius 3 is 2.88 bits per heavy atom. The number of hydrogen-bond donors (Lipinski definition) is 2. The predicted octanol–water partition coefficient (Wildman–Crippen LogP) is 2.97. The number of fused-ring (bicyclic) bond motifs is 2. The Balaban J connectivity index is 1.48. The average Bonchev–Trinajstić information content (AvgIpc) is 2.97. The summed E-state index contributed by atoms with van der Waals surface area (Å²) in [5, 5.41) is 5.72. The second-order valence-electron chi connectivity index (χ2n) is 5.44. The molecule has 0 aliphatic heterocycles. The molecule has 2 bridgehead atoms. The molecule has 0 amide bonds. The van der Waals surface area contributed by atoms with Crippen LogP contribution in [0.2, 0.25) is 0 Å². The van der Waals surface area contributed by atoms with E-state index < -0.39 is 0 Å². The van der Waals surface area contributed by atoms with Crippen molar-refractivity contribution in [1.82, 2.24) is 5.32 Å². The van der Waals surface area contributed by atoms with E-state index in [0.717, 1.165) is 30.8 Å². The van der Waals surface area contributed by atoms with Crippen LogP contribution in [0.15, 0.2) is 15.9 Å². The molecule has 2 fully saturated rings. The van der Waals surface area contributed by atoms with Crippen molar-refractivity contribution in [3.63, 3.8) is 0 Å². The van der Waals surface area contributed by atoms with Crippen molar-refractivity contribution in [2.75, 3.05) is 6.54 Å². The summed E-state index contributed by atoms with van der Waals surface area (Å²) in [5.41, 5.74) is 6.30. The van der Waals surface area contributed by atoms with E-state index in [2.05, 4.69) is 32.7 Å². The smallest absolute Gasteiger partial charge is 0.0300 e. The van der Waals surface area contributed by atoms with Crippen LogP contribution in [0.1, 0.15) is 24.1 Å². The van der Waals surface area contributed by atoms with Crippen molar-refractivity contribution in [3.05, 3.63) is 20.8 Å². The van der Waals surface area contributed by atoms with Crippen molar-refractivity contribution in [3.8, 4) is 0 Å². The van der Waals surface area contributed by atoms with Gasteiger partial charge in [-0.1, -0.05) is 0 Å². The quantitative estimate of drug-likeness (QED) is 0.896. The molecule has 4 atom stereocenters. The highest BCUT2D eigenvalue weighted by Crippen LogP contribution is 2.47. The lowest BCUT2D eigenvalue weighted by atomic mass is 9.85. The third-order valence-electron chi connectivity index (χ3n) is 4.46. The standard InChI is InChI=1S/C13H19BrN2S/c14-10-4-11(17-7-10)5-16-6-12-8-1-2-9(3-8)13(12)15/h4,7-9,12-13,16H,1-3,5-6,15H2. The molecular formula is C13H19BrN2S. The van der Waals surface area contributed by atoms with Crippen molar-refractivity contribution >= 4 is 27.3 Å². The van der Waals surface area contributed by atoms with Crippen LogP contribution in [0.4, 0.5) is 0 Å². The lowest BCUT2D eigenvalue weighted by molar-refractivity contribution is 0.278. The minimum Gasteiger partial charge on any atom is -0.327 e. The topological polar surface area (TPSA) is 38.0 Å². The lowest BCUT2D eigenvalue weighted by Gasteiger charge is -2.28. The monoisotopic (exact) mass is 314 g/mol. The first-order chi connectivity index (χ1) is 8.24. The maximum atomic E-state index is 6.30. The van der Waals surface area contributed by atoms with E-state index in [9.17, 15) is 0 Å². The maximum Gasteiger partial charge on any atom is 0.0300 e. The molecule has 0 radical (unpaired) electrons. The Morgan fingerprint density at radius 2 is 2.24 bits per heavy atom. The molecular weight excluding hydrogens is 296 g/mol. The highest BCUT2D eigenvalue weighted by molar-refractivity contribution is 9.10. The van der Waals surface area contributed by atoms with Gasteiger partial charge in [0, 0.05) is 33.9 Å². The van der Waals surface area contributed by atoms with E-state index in [0.29, 0.717) is 6.04 Å². The third-order valence-corrected chi connectivity index (χ3v) is 6.16.